The van der Waals surface area contributed by atoms with Gasteiger partial charge >= 0.3 is 0 Å². The first-order chi connectivity index (χ1) is 12.5. The van der Waals surface area contributed by atoms with Crippen molar-refractivity contribution in [2.45, 2.75) is 39.8 Å². The van der Waals surface area contributed by atoms with E-state index in [4.69, 9.17) is 10.5 Å². The molecule has 0 bridgehead atoms. The molecule has 0 unspecified atom stereocenters. The lowest BCUT2D eigenvalue weighted by atomic mass is 10.0. The summed E-state index contributed by atoms with van der Waals surface area (Å²) in [5.74, 6) is 0.418. The number of hydrogen-bond acceptors (Lipinski definition) is 4. The zero-order chi connectivity index (χ0) is 18.7. The summed E-state index contributed by atoms with van der Waals surface area (Å²) in [7, 11) is 0. The van der Waals surface area contributed by atoms with Gasteiger partial charge in [0, 0.05) is 30.8 Å². The molecule has 0 radical (unpaired) electrons. The number of amides is 2. The van der Waals surface area contributed by atoms with Gasteiger partial charge in [0.2, 0.25) is 5.91 Å². The van der Waals surface area contributed by atoms with E-state index in [1.165, 1.54) is 0 Å². The molecule has 2 heterocycles. The highest BCUT2D eigenvalue weighted by Gasteiger charge is 2.24. The highest BCUT2D eigenvalue weighted by atomic mass is 16.5. The summed E-state index contributed by atoms with van der Waals surface area (Å²) in [6.07, 6.45) is 2.52. The first-order valence-corrected chi connectivity index (χ1v) is 8.84. The van der Waals surface area contributed by atoms with Crippen molar-refractivity contribution in [3.05, 3.63) is 46.8 Å². The molecule has 1 aliphatic rings. The quantitative estimate of drug-likeness (QED) is 0.882. The maximum atomic E-state index is 13.0. The van der Waals surface area contributed by atoms with Crippen molar-refractivity contribution in [3.8, 4) is 5.75 Å². The van der Waals surface area contributed by atoms with Crippen LogP contribution < -0.4 is 10.5 Å². The van der Waals surface area contributed by atoms with Crippen molar-refractivity contribution in [3.63, 3.8) is 0 Å². The molecule has 0 saturated carbocycles. The van der Waals surface area contributed by atoms with Gasteiger partial charge in [-0.25, -0.2) is 0 Å². The van der Waals surface area contributed by atoms with Gasteiger partial charge in [0.15, 0.2) is 0 Å². The topological polar surface area (TPSA) is 90.4 Å². The Morgan fingerprint density at radius 2 is 2.15 bits per heavy atom. The van der Waals surface area contributed by atoms with Gasteiger partial charge in [-0.15, -0.1) is 0 Å². The summed E-state index contributed by atoms with van der Waals surface area (Å²) in [5.41, 5.74) is 8.68. The van der Waals surface area contributed by atoms with Gasteiger partial charge in [-0.3, -0.25) is 14.3 Å². The Bertz CT molecular complexity index is 828. The number of hydrogen-bond donors (Lipinski definition) is 1. The molecule has 1 aromatic carbocycles. The maximum absolute atomic E-state index is 13.0. The van der Waals surface area contributed by atoms with Crippen LogP contribution in [0.15, 0.2) is 24.4 Å². The summed E-state index contributed by atoms with van der Waals surface area (Å²) in [6.45, 7) is 6.07. The molecule has 138 valence electrons. The van der Waals surface area contributed by atoms with Crippen LogP contribution in [0.3, 0.4) is 0 Å². The molecule has 2 amide bonds. The summed E-state index contributed by atoms with van der Waals surface area (Å²) < 4.78 is 7.61. The van der Waals surface area contributed by atoms with E-state index in [2.05, 4.69) is 5.10 Å². The Morgan fingerprint density at radius 1 is 1.35 bits per heavy atom. The molecule has 3 rings (SSSR count). The lowest BCUT2D eigenvalue weighted by Gasteiger charge is -2.20. The first kappa shape index (κ1) is 18.0. The van der Waals surface area contributed by atoms with E-state index in [0.29, 0.717) is 38.1 Å². The smallest absolute Gasteiger partial charge is 0.257 e. The van der Waals surface area contributed by atoms with Crippen LogP contribution in [0.2, 0.25) is 0 Å². The number of primary amides is 1. The van der Waals surface area contributed by atoms with E-state index in [0.717, 1.165) is 29.1 Å². The lowest BCUT2D eigenvalue weighted by Crippen LogP contribution is -2.32. The van der Waals surface area contributed by atoms with Gasteiger partial charge in [0.05, 0.1) is 18.3 Å². The van der Waals surface area contributed by atoms with Crippen molar-refractivity contribution in [2.24, 2.45) is 5.73 Å². The van der Waals surface area contributed by atoms with Crippen LogP contribution in [0.1, 0.15) is 40.5 Å². The van der Waals surface area contributed by atoms with E-state index >= 15 is 0 Å². The fourth-order valence-electron chi connectivity index (χ4n) is 3.19. The zero-order valence-electron chi connectivity index (χ0n) is 15.2. The molecule has 0 aliphatic carbocycles. The number of carbonyl (C=O) groups excluding carboxylic acids is 2. The number of fused-ring (bicyclic) bond motifs is 1. The molecule has 1 aromatic heterocycles. The van der Waals surface area contributed by atoms with Crippen LogP contribution in [0.5, 0.6) is 5.75 Å². The van der Waals surface area contributed by atoms with Crippen molar-refractivity contribution in [1.29, 1.82) is 0 Å². The van der Waals surface area contributed by atoms with Crippen LogP contribution in [0.25, 0.3) is 0 Å². The number of aromatic nitrogens is 2. The number of ether oxygens (including phenoxy) is 1. The molecule has 0 spiro atoms. The normalized spacial score (nSPS) is 13.7. The second-order valence-electron chi connectivity index (χ2n) is 6.44. The molecule has 26 heavy (non-hydrogen) atoms. The van der Waals surface area contributed by atoms with Gasteiger partial charge in [-0.1, -0.05) is 12.1 Å². The van der Waals surface area contributed by atoms with Crippen LogP contribution in [-0.4, -0.2) is 39.6 Å². The maximum Gasteiger partial charge on any atom is 0.257 e. The van der Waals surface area contributed by atoms with Crippen molar-refractivity contribution >= 4 is 11.8 Å². The van der Waals surface area contributed by atoms with Gasteiger partial charge in [-0.05, 0) is 31.9 Å². The molecule has 7 heteroatoms. The lowest BCUT2D eigenvalue weighted by molar-refractivity contribution is -0.117. The van der Waals surface area contributed by atoms with Crippen LogP contribution >= 0.6 is 0 Å². The third kappa shape index (κ3) is 3.71. The molecular formula is C19H24N4O3. The molecule has 0 saturated heterocycles. The Hall–Kier alpha value is -2.83. The number of nitrogens with two attached hydrogens (primary N) is 1. The standard InChI is InChI=1S/C19H24N4O3/c1-3-23-13(2)16(11-21-23)19(25)22-8-9-26-17-6-4-14(5-7-18(20)24)10-15(17)12-22/h4,6,10-11H,3,5,7-9,12H2,1-2H3,(H2,20,24). The molecule has 2 N–H and O–H groups in total. The van der Waals surface area contributed by atoms with E-state index < -0.39 is 0 Å². The minimum absolute atomic E-state index is 0.0406. The Kier molecular flexibility index (Phi) is 5.25. The van der Waals surface area contributed by atoms with Gasteiger partial charge in [0.1, 0.15) is 12.4 Å². The second-order valence-corrected chi connectivity index (χ2v) is 6.44. The molecule has 0 atom stereocenters. The zero-order valence-corrected chi connectivity index (χ0v) is 15.2. The Balaban J connectivity index is 1.81. The van der Waals surface area contributed by atoms with Gasteiger partial charge in [-0.2, -0.15) is 5.10 Å². The SMILES string of the molecule is CCn1ncc(C(=O)N2CCOc3ccc(CCC(N)=O)cc3C2)c1C. The minimum Gasteiger partial charge on any atom is -0.491 e. The predicted molar refractivity (Wildman–Crippen MR) is 96.8 cm³/mol. The Morgan fingerprint density at radius 3 is 2.85 bits per heavy atom. The van der Waals surface area contributed by atoms with E-state index in [9.17, 15) is 9.59 Å². The third-order valence-electron chi connectivity index (χ3n) is 4.69. The molecular weight excluding hydrogens is 332 g/mol. The van der Waals surface area contributed by atoms with Crippen LogP contribution in [-0.2, 0) is 24.3 Å². The van der Waals surface area contributed by atoms with Crippen molar-refractivity contribution < 1.29 is 14.3 Å². The predicted octanol–water partition coefficient (Wildman–Crippen LogP) is 1.66. The highest BCUT2D eigenvalue weighted by Crippen LogP contribution is 2.26. The van der Waals surface area contributed by atoms with Crippen LogP contribution in [0.4, 0.5) is 0 Å². The fourth-order valence-corrected chi connectivity index (χ4v) is 3.19. The summed E-state index contributed by atoms with van der Waals surface area (Å²) in [4.78, 5) is 25.8. The summed E-state index contributed by atoms with van der Waals surface area (Å²) >= 11 is 0. The van der Waals surface area contributed by atoms with Crippen molar-refractivity contribution in [1.82, 2.24) is 14.7 Å². The van der Waals surface area contributed by atoms with Crippen LogP contribution in [0, 0.1) is 6.92 Å². The number of benzene rings is 1. The third-order valence-corrected chi connectivity index (χ3v) is 4.69. The molecule has 1 aliphatic heterocycles. The average molecular weight is 356 g/mol. The molecule has 7 nitrogen and oxygen atoms in total. The summed E-state index contributed by atoms with van der Waals surface area (Å²) in [6, 6.07) is 5.83. The monoisotopic (exact) mass is 356 g/mol. The van der Waals surface area contributed by atoms with E-state index in [1.807, 2.05) is 36.7 Å². The molecule has 0 fully saturated rings. The highest BCUT2D eigenvalue weighted by molar-refractivity contribution is 5.95. The number of nitrogens with zero attached hydrogens (tertiary/aromatic N) is 3. The van der Waals surface area contributed by atoms with Gasteiger partial charge < -0.3 is 15.4 Å². The number of carbonyl (C=O) groups is 2. The number of rotatable bonds is 5. The number of aryl methyl sites for hydroxylation is 2. The largest absolute Gasteiger partial charge is 0.491 e. The Labute approximate surface area is 152 Å². The minimum atomic E-state index is -0.323. The first-order valence-electron chi connectivity index (χ1n) is 8.84. The summed E-state index contributed by atoms with van der Waals surface area (Å²) in [5, 5.41) is 4.27. The fraction of sp³-hybridized carbons (Fsp3) is 0.421. The van der Waals surface area contributed by atoms with Gasteiger partial charge in [0.25, 0.3) is 5.91 Å². The van der Waals surface area contributed by atoms with Crippen molar-refractivity contribution in [2.75, 3.05) is 13.2 Å². The molecule has 2 aromatic rings. The van der Waals surface area contributed by atoms with E-state index in [1.54, 1.807) is 11.1 Å². The second kappa shape index (κ2) is 7.59. The average Bonchev–Trinajstić information content (AvgIpc) is 2.86. The van der Waals surface area contributed by atoms with E-state index in [-0.39, 0.29) is 11.8 Å².